The second-order valence-electron chi connectivity index (χ2n) is 9.15. The lowest BCUT2D eigenvalue weighted by atomic mass is 9.82. The molecule has 1 fully saturated rings. The quantitative estimate of drug-likeness (QED) is 0.299. The Morgan fingerprint density at radius 1 is 0.711 bits per heavy atom. The molecule has 0 unspecified atom stereocenters. The van der Waals surface area contributed by atoms with Crippen molar-refractivity contribution in [1.29, 1.82) is 0 Å². The Bertz CT molecular complexity index is 1300. The van der Waals surface area contributed by atoms with E-state index in [0.717, 1.165) is 35.7 Å². The molecule has 12 heteroatoms. The van der Waals surface area contributed by atoms with Crippen LogP contribution in [0.5, 0.6) is 0 Å². The van der Waals surface area contributed by atoms with Crippen molar-refractivity contribution in [2.45, 2.75) is 50.4 Å². The van der Waals surface area contributed by atoms with E-state index < -0.39 is 0 Å². The van der Waals surface area contributed by atoms with Gasteiger partial charge in [0.1, 0.15) is 21.6 Å². The van der Waals surface area contributed by atoms with Gasteiger partial charge in [-0.15, -0.1) is 20.4 Å². The van der Waals surface area contributed by atoms with Gasteiger partial charge in [-0.25, -0.2) is 8.78 Å². The highest BCUT2D eigenvalue weighted by Gasteiger charge is 2.29. The third kappa shape index (κ3) is 6.81. The van der Waals surface area contributed by atoms with E-state index in [4.69, 9.17) is 0 Å². The molecule has 2 aromatic carbocycles. The minimum Gasteiger partial charge on any atom is -0.300 e. The molecule has 2 aromatic heterocycles. The normalized spacial score (nSPS) is 17.2. The number of aromatic nitrogens is 4. The first kappa shape index (κ1) is 26.0. The monoisotopic (exact) mass is 554 g/mol. The summed E-state index contributed by atoms with van der Waals surface area (Å²) in [6, 6.07) is 11.6. The maximum atomic E-state index is 13.1. The van der Waals surface area contributed by atoms with Gasteiger partial charge in [-0.1, -0.05) is 53.4 Å². The van der Waals surface area contributed by atoms with Crippen molar-refractivity contribution < 1.29 is 18.4 Å². The number of rotatable bonds is 8. The molecule has 2 amide bonds. The number of nitrogens with zero attached hydrogens (tertiary/aromatic N) is 4. The first-order valence-electron chi connectivity index (χ1n) is 12.2. The largest absolute Gasteiger partial charge is 0.300 e. The molecule has 196 valence electrons. The first-order valence-corrected chi connectivity index (χ1v) is 13.8. The molecule has 2 heterocycles. The van der Waals surface area contributed by atoms with Gasteiger partial charge in [-0.2, -0.15) is 0 Å². The summed E-state index contributed by atoms with van der Waals surface area (Å²) in [5.74, 6) is -0.772. The van der Waals surface area contributed by atoms with Crippen LogP contribution in [-0.2, 0) is 22.4 Å². The highest BCUT2D eigenvalue weighted by atomic mass is 32.1. The molecular formula is C26H24F2N6O2S2. The Morgan fingerprint density at radius 2 is 1.13 bits per heavy atom. The van der Waals surface area contributed by atoms with Crippen molar-refractivity contribution in [2.24, 2.45) is 0 Å². The highest BCUT2D eigenvalue weighted by molar-refractivity contribution is 7.15. The minimum absolute atomic E-state index is 0.126. The van der Waals surface area contributed by atoms with E-state index in [-0.39, 0.29) is 48.1 Å². The van der Waals surface area contributed by atoms with Gasteiger partial charge >= 0.3 is 0 Å². The zero-order chi connectivity index (χ0) is 26.5. The van der Waals surface area contributed by atoms with Gasteiger partial charge in [0.25, 0.3) is 0 Å². The SMILES string of the molecule is O=C(Cc1ccc(F)cc1)Nc1nnc([C@H]2CCC[C@H](c3nnc(NC(=O)Cc4ccc(F)cc4)s3)C2)s1. The van der Waals surface area contributed by atoms with Crippen molar-refractivity contribution in [3.05, 3.63) is 81.3 Å². The predicted octanol–water partition coefficient (Wildman–Crippen LogP) is 5.47. The lowest BCUT2D eigenvalue weighted by molar-refractivity contribution is -0.116. The van der Waals surface area contributed by atoms with Crippen LogP contribution in [0.15, 0.2) is 48.5 Å². The van der Waals surface area contributed by atoms with Crippen molar-refractivity contribution >= 4 is 44.8 Å². The fourth-order valence-corrected chi connectivity index (χ4v) is 6.25. The molecule has 0 aliphatic heterocycles. The number of hydrogen-bond donors (Lipinski definition) is 2. The summed E-state index contributed by atoms with van der Waals surface area (Å²) >= 11 is 2.73. The van der Waals surface area contributed by atoms with E-state index in [0.29, 0.717) is 21.4 Å². The Kier molecular flexibility index (Phi) is 8.08. The van der Waals surface area contributed by atoms with Gasteiger partial charge in [0.05, 0.1) is 12.8 Å². The number of benzene rings is 2. The van der Waals surface area contributed by atoms with E-state index in [2.05, 4.69) is 31.0 Å². The number of anilines is 2. The Morgan fingerprint density at radius 3 is 1.55 bits per heavy atom. The average molecular weight is 555 g/mol. The van der Waals surface area contributed by atoms with E-state index in [1.54, 1.807) is 24.3 Å². The maximum Gasteiger partial charge on any atom is 0.230 e. The van der Waals surface area contributed by atoms with Crippen LogP contribution in [0.4, 0.5) is 19.0 Å². The molecule has 0 saturated heterocycles. The molecule has 8 nitrogen and oxygen atoms in total. The second kappa shape index (κ2) is 11.8. The van der Waals surface area contributed by atoms with Gasteiger partial charge in [0.2, 0.25) is 22.1 Å². The summed E-state index contributed by atoms with van der Waals surface area (Å²) in [5.41, 5.74) is 1.43. The van der Waals surface area contributed by atoms with Crippen LogP contribution < -0.4 is 10.6 Å². The molecule has 1 aliphatic rings. The van der Waals surface area contributed by atoms with Crippen molar-refractivity contribution in [3.63, 3.8) is 0 Å². The summed E-state index contributed by atoms with van der Waals surface area (Å²) < 4.78 is 26.1. The number of halogens is 2. The minimum atomic E-state index is -0.343. The first-order chi connectivity index (χ1) is 18.4. The molecule has 4 aromatic rings. The third-order valence-corrected chi connectivity index (χ3v) is 8.30. The second-order valence-corrected chi connectivity index (χ2v) is 11.2. The summed E-state index contributed by atoms with van der Waals surface area (Å²) in [5, 5.41) is 25.1. The van der Waals surface area contributed by atoms with Crippen LogP contribution in [0.2, 0.25) is 0 Å². The number of hydrogen-bond acceptors (Lipinski definition) is 8. The molecule has 2 N–H and O–H groups in total. The fraction of sp³-hybridized carbons (Fsp3) is 0.308. The third-order valence-electron chi connectivity index (χ3n) is 6.30. The molecule has 5 rings (SSSR count). The number of carbonyl (C=O) groups is 2. The van der Waals surface area contributed by atoms with Gasteiger partial charge < -0.3 is 10.6 Å². The van der Waals surface area contributed by atoms with Crippen molar-refractivity contribution in [1.82, 2.24) is 20.4 Å². The molecule has 0 radical (unpaired) electrons. The zero-order valence-corrected chi connectivity index (χ0v) is 21.8. The van der Waals surface area contributed by atoms with Crippen LogP contribution in [0.3, 0.4) is 0 Å². The molecular weight excluding hydrogens is 530 g/mol. The lowest BCUT2D eigenvalue weighted by Gasteiger charge is -2.25. The highest BCUT2D eigenvalue weighted by Crippen LogP contribution is 2.43. The van der Waals surface area contributed by atoms with Gasteiger partial charge in [0, 0.05) is 11.8 Å². The molecule has 1 saturated carbocycles. The summed E-state index contributed by atoms with van der Waals surface area (Å²) in [4.78, 5) is 24.7. The number of nitrogens with one attached hydrogen (secondary N) is 2. The van der Waals surface area contributed by atoms with Crippen LogP contribution in [0.25, 0.3) is 0 Å². The Hall–Kier alpha value is -3.64. The molecule has 2 atom stereocenters. The molecule has 1 aliphatic carbocycles. The summed E-state index contributed by atoms with van der Waals surface area (Å²) in [6.45, 7) is 0. The van der Waals surface area contributed by atoms with E-state index in [9.17, 15) is 18.4 Å². The zero-order valence-electron chi connectivity index (χ0n) is 20.2. The fourth-order valence-electron chi connectivity index (χ4n) is 4.44. The van der Waals surface area contributed by atoms with Crippen molar-refractivity contribution in [3.8, 4) is 0 Å². The van der Waals surface area contributed by atoms with Crippen LogP contribution in [0.1, 0.15) is 58.7 Å². The maximum absolute atomic E-state index is 13.1. The molecule has 0 bridgehead atoms. The van der Waals surface area contributed by atoms with Gasteiger partial charge in [-0.3, -0.25) is 9.59 Å². The van der Waals surface area contributed by atoms with Crippen LogP contribution in [0, 0.1) is 11.6 Å². The number of amides is 2. The summed E-state index contributed by atoms with van der Waals surface area (Å²) in [7, 11) is 0. The topological polar surface area (TPSA) is 110 Å². The van der Waals surface area contributed by atoms with Crippen LogP contribution >= 0.6 is 22.7 Å². The average Bonchev–Trinajstić information content (AvgIpc) is 3.57. The van der Waals surface area contributed by atoms with Crippen LogP contribution in [-0.4, -0.2) is 32.2 Å². The smallest absolute Gasteiger partial charge is 0.230 e. The van der Waals surface area contributed by atoms with E-state index in [1.807, 2.05) is 0 Å². The van der Waals surface area contributed by atoms with Gasteiger partial charge in [-0.05, 0) is 54.7 Å². The Labute approximate surface area is 225 Å². The van der Waals surface area contributed by atoms with Gasteiger partial charge in [0.15, 0.2) is 0 Å². The predicted molar refractivity (Wildman–Crippen MR) is 141 cm³/mol. The molecule has 0 spiro atoms. The van der Waals surface area contributed by atoms with E-state index in [1.165, 1.54) is 46.9 Å². The van der Waals surface area contributed by atoms with E-state index >= 15 is 0 Å². The lowest BCUT2D eigenvalue weighted by Crippen LogP contribution is -2.14. The summed E-state index contributed by atoms with van der Waals surface area (Å²) in [6.07, 6.45) is 4.01. The number of carbonyl (C=O) groups excluding carboxylic acids is 2. The van der Waals surface area contributed by atoms with Crippen molar-refractivity contribution in [2.75, 3.05) is 10.6 Å². The Balaban J connectivity index is 1.14. The molecule has 38 heavy (non-hydrogen) atoms. The standard InChI is InChI=1S/C26H24F2N6O2S2/c27-19-8-4-15(5-9-19)12-21(35)29-25-33-31-23(37-25)17-2-1-3-18(14-17)24-32-34-26(38-24)30-22(36)13-16-6-10-20(28)11-7-16/h4-11,17-18H,1-3,12-14H2,(H,29,33,35)(H,30,34,36)/t17-,18-/m0/s1.